The molecule has 2 aliphatic rings. The van der Waals surface area contributed by atoms with Crippen molar-refractivity contribution in [2.75, 3.05) is 19.8 Å². The van der Waals surface area contributed by atoms with Crippen molar-refractivity contribution in [2.24, 2.45) is 0 Å². The third-order valence-corrected chi connectivity index (χ3v) is 6.51. The van der Waals surface area contributed by atoms with Crippen LogP contribution < -0.4 is 16.1 Å². The van der Waals surface area contributed by atoms with Gasteiger partial charge >= 0.3 is 0 Å². The second kappa shape index (κ2) is 13.6. The van der Waals surface area contributed by atoms with Gasteiger partial charge in [0.15, 0.2) is 0 Å². The first-order chi connectivity index (χ1) is 16.4. The first kappa shape index (κ1) is 26.4. The molecule has 1 saturated heterocycles. The lowest BCUT2D eigenvalue weighted by Gasteiger charge is -2.21. The molecule has 0 spiro atoms. The van der Waals surface area contributed by atoms with Gasteiger partial charge in [0.1, 0.15) is 11.1 Å². The van der Waals surface area contributed by atoms with Crippen LogP contribution in [-0.4, -0.2) is 54.4 Å². The topological polar surface area (TPSA) is 98.7 Å². The number of nitrogens with one attached hydrogen (secondary N) is 2. The molecule has 1 aromatic heterocycles. The lowest BCUT2D eigenvalue weighted by Crippen LogP contribution is -2.40. The Bertz CT molecular complexity index is 852. The Morgan fingerprint density at radius 3 is 2.35 bits per heavy atom. The molecule has 2 N–H and O–H groups in total. The van der Waals surface area contributed by atoms with Gasteiger partial charge in [0, 0.05) is 44.7 Å². The van der Waals surface area contributed by atoms with Crippen molar-refractivity contribution in [3.05, 3.63) is 33.7 Å². The van der Waals surface area contributed by atoms with Crippen LogP contribution in [0.25, 0.3) is 0 Å². The Kier molecular flexibility index (Phi) is 10.6. The van der Waals surface area contributed by atoms with Gasteiger partial charge in [0.25, 0.3) is 11.8 Å². The van der Waals surface area contributed by atoms with Crippen LogP contribution in [0.5, 0.6) is 0 Å². The van der Waals surface area contributed by atoms with E-state index >= 15 is 0 Å². The number of amides is 2. The van der Waals surface area contributed by atoms with Gasteiger partial charge in [-0.3, -0.25) is 14.4 Å². The van der Waals surface area contributed by atoms with E-state index in [4.69, 9.17) is 9.47 Å². The molecule has 3 rings (SSSR count). The Labute approximate surface area is 202 Å². The van der Waals surface area contributed by atoms with Crippen LogP contribution in [0.1, 0.15) is 98.8 Å². The van der Waals surface area contributed by atoms with Crippen molar-refractivity contribution in [3.8, 4) is 0 Å². The second-order valence-corrected chi connectivity index (χ2v) is 9.79. The molecule has 8 nitrogen and oxygen atoms in total. The summed E-state index contributed by atoms with van der Waals surface area (Å²) in [6.07, 6.45) is 13.5. The Hall–Kier alpha value is -2.19. The first-order valence-electron chi connectivity index (χ1n) is 13.0. The van der Waals surface area contributed by atoms with Crippen LogP contribution in [0.3, 0.4) is 0 Å². The summed E-state index contributed by atoms with van der Waals surface area (Å²) in [6.45, 7) is 6.07. The first-order valence-corrected chi connectivity index (χ1v) is 13.0. The Morgan fingerprint density at radius 1 is 1.03 bits per heavy atom. The number of hydrogen-bond acceptors (Lipinski definition) is 5. The van der Waals surface area contributed by atoms with Gasteiger partial charge in [-0.05, 0) is 46.0 Å². The predicted octanol–water partition coefficient (Wildman–Crippen LogP) is 3.41. The fourth-order valence-corrected chi connectivity index (χ4v) is 4.64. The van der Waals surface area contributed by atoms with Gasteiger partial charge in [-0.1, -0.05) is 32.1 Å². The Morgan fingerprint density at radius 2 is 1.71 bits per heavy atom. The third-order valence-electron chi connectivity index (χ3n) is 6.51. The molecular formula is C26H41N3O5. The van der Waals surface area contributed by atoms with Crippen molar-refractivity contribution < 1.29 is 19.1 Å². The summed E-state index contributed by atoms with van der Waals surface area (Å²) >= 11 is 0. The number of nitrogens with zero attached hydrogens (tertiary/aromatic N) is 1. The van der Waals surface area contributed by atoms with E-state index in [9.17, 15) is 14.4 Å². The number of pyridine rings is 1. The number of carbonyl (C=O) groups excluding carboxylic acids is 2. The monoisotopic (exact) mass is 475 g/mol. The zero-order valence-corrected chi connectivity index (χ0v) is 20.8. The smallest absolute Gasteiger partial charge is 0.256 e. The van der Waals surface area contributed by atoms with Crippen LogP contribution in [-0.2, 0) is 16.0 Å². The number of aromatic nitrogens is 1. The molecule has 0 aromatic carbocycles. The van der Waals surface area contributed by atoms with Crippen molar-refractivity contribution >= 4 is 11.8 Å². The Balaban J connectivity index is 1.74. The molecule has 8 heteroatoms. The highest BCUT2D eigenvalue weighted by molar-refractivity contribution is 5.99. The fourth-order valence-electron chi connectivity index (χ4n) is 4.64. The minimum absolute atomic E-state index is 0.00640. The van der Waals surface area contributed by atoms with Gasteiger partial charge < -0.3 is 24.7 Å². The van der Waals surface area contributed by atoms with E-state index in [1.165, 1.54) is 19.3 Å². The van der Waals surface area contributed by atoms with E-state index < -0.39 is 17.2 Å². The molecule has 190 valence electrons. The maximum Gasteiger partial charge on any atom is 0.256 e. The highest BCUT2D eigenvalue weighted by Gasteiger charge is 2.23. The average Bonchev–Trinajstić information content (AvgIpc) is 3.29. The largest absolute Gasteiger partial charge is 0.379 e. The molecule has 0 bridgehead atoms. The van der Waals surface area contributed by atoms with Crippen LogP contribution in [0.2, 0.25) is 0 Å². The molecule has 1 atom stereocenters. The highest BCUT2D eigenvalue weighted by Crippen LogP contribution is 2.18. The summed E-state index contributed by atoms with van der Waals surface area (Å²) in [7, 11) is 0. The zero-order valence-electron chi connectivity index (χ0n) is 20.8. The number of carbonyl (C=O) groups is 2. The quantitative estimate of drug-likeness (QED) is 0.505. The number of rotatable bonds is 10. The molecule has 0 radical (unpaired) electrons. The van der Waals surface area contributed by atoms with E-state index in [0.29, 0.717) is 32.7 Å². The molecule has 1 saturated carbocycles. The molecule has 2 heterocycles. The predicted molar refractivity (Wildman–Crippen MR) is 131 cm³/mol. The van der Waals surface area contributed by atoms with E-state index in [2.05, 4.69) is 10.6 Å². The molecule has 1 aliphatic heterocycles. The van der Waals surface area contributed by atoms with Gasteiger partial charge in [-0.2, -0.15) is 0 Å². The average molecular weight is 476 g/mol. The summed E-state index contributed by atoms with van der Waals surface area (Å²) in [4.78, 5) is 39.2. The summed E-state index contributed by atoms with van der Waals surface area (Å²) in [5.41, 5.74) is -0.508. The van der Waals surface area contributed by atoms with Gasteiger partial charge in [-0.25, -0.2) is 0 Å². The number of ether oxygens (including phenoxy) is 2. The minimum atomic E-state index is -0.525. The second-order valence-electron chi connectivity index (χ2n) is 9.79. The van der Waals surface area contributed by atoms with Gasteiger partial charge in [-0.15, -0.1) is 0 Å². The number of hydrogen-bond donors (Lipinski definition) is 2. The van der Waals surface area contributed by atoms with Crippen LogP contribution >= 0.6 is 0 Å². The third kappa shape index (κ3) is 8.24. The van der Waals surface area contributed by atoms with Gasteiger partial charge in [0.05, 0.1) is 12.2 Å². The van der Waals surface area contributed by atoms with Crippen molar-refractivity contribution in [2.45, 2.75) is 103 Å². The minimum Gasteiger partial charge on any atom is -0.379 e. The van der Waals surface area contributed by atoms with Gasteiger partial charge in [0.2, 0.25) is 5.43 Å². The molecule has 2 amide bonds. The molecule has 1 aliphatic carbocycles. The van der Waals surface area contributed by atoms with Crippen LogP contribution in [0.4, 0.5) is 0 Å². The van der Waals surface area contributed by atoms with Crippen molar-refractivity contribution in [3.63, 3.8) is 0 Å². The molecule has 1 aromatic rings. The van der Waals surface area contributed by atoms with Crippen molar-refractivity contribution in [1.29, 1.82) is 0 Å². The summed E-state index contributed by atoms with van der Waals surface area (Å²) in [5.74, 6) is -0.854. The zero-order chi connectivity index (χ0) is 24.3. The SMILES string of the molecule is CC(C)OCCCNC(=O)c1cn(C[C@@H]2CCCO2)cc(C(=O)NC2CCCCCCC2)c1=O. The summed E-state index contributed by atoms with van der Waals surface area (Å²) in [6, 6.07) is 0.0669. The van der Waals surface area contributed by atoms with Crippen LogP contribution in [0, 0.1) is 0 Å². The van der Waals surface area contributed by atoms with Crippen molar-refractivity contribution in [1.82, 2.24) is 15.2 Å². The lowest BCUT2D eigenvalue weighted by molar-refractivity contribution is 0.0756. The molecule has 34 heavy (non-hydrogen) atoms. The van der Waals surface area contributed by atoms with E-state index in [-0.39, 0.29) is 29.4 Å². The van der Waals surface area contributed by atoms with Crippen LogP contribution in [0.15, 0.2) is 17.2 Å². The summed E-state index contributed by atoms with van der Waals surface area (Å²) < 4.78 is 13.0. The normalized spacial score (nSPS) is 19.6. The maximum atomic E-state index is 13.2. The fraction of sp³-hybridized carbons (Fsp3) is 0.731. The standard InChI is InChI=1S/C26H41N3O5/c1-19(2)33-15-9-13-27-25(31)22-17-29(16-21-12-8-14-34-21)18-23(24(22)30)26(32)28-20-10-6-4-3-5-7-11-20/h17-21H,3-16H2,1-2H3,(H,27,31)(H,28,32)/t21-/m0/s1. The molecular weight excluding hydrogens is 434 g/mol. The van der Waals surface area contributed by atoms with E-state index in [0.717, 1.165) is 38.5 Å². The molecule has 0 unspecified atom stereocenters. The molecule has 2 fully saturated rings. The highest BCUT2D eigenvalue weighted by atomic mass is 16.5. The van der Waals surface area contributed by atoms with E-state index in [1.807, 2.05) is 13.8 Å². The maximum absolute atomic E-state index is 13.2. The summed E-state index contributed by atoms with van der Waals surface area (Å²) in [5, 5.41) is 5.87. The lowest BCUT2D eigenvalue weighted by atomic mass is 9.96. The van der Waals surface area contributed by atoms with E-state index in [1.54, 1.807) is 17.0 Å².